The molecule has 1 aromatic rings. The molecule has 1 aliphatic carbocycles. The van der Waals surface area contributed by atoms with Crippen molar-refractivity contribution in [1.29, 1.82) is 5.41 Å². The highest BCUT2D eigenvalue weighted by molar-refractivity contribution is 6.31. The maximum atomic E-state index is 7.37. The van der Waals surface area contributed by atoms with E-state index in [1.54, 1.807) is 0 Å². The molecule has 1 aromatic carbocycles. The van der Waals surface area contributed by atoms with Crippen molar-refractivity contribution in [2.24, 2.45) is 11.1 Å². The number of aryl methyl sites for hydroxylation is 1. The van der Waals surface area contributed by atoms with E-state index in [0.717, 1.165) is 35.6 Å². The van der Waals surface area contributed by atoms with Crippen molar-refractivity contribution >= 4 is 17.4 Å². The number of ether oxygens (including phenoxy) is 1. The first-order valence-corrected chi connectivity index (χ1v) is 6.66. The van der Waals surface area contributed by atoms with Crippen LogP contribution in [-0.2, 0) is 6.42 Å². The van der Waals surface area contributed by atoms with E-state index in [1.165, 1.54) is 0 Å². The Morgan fingerprint density at radius 3 is 2.78 bits per heavy atom. The third kappa shape index (κ3) is 3.16. The maximum absolute atomic E-state index is 7.37. The minimum atomic E-state index is 0.109. The first-order valence-electron chi connectivity index (χ1n) is 6.29. The topological polar surface area (TPSA) is 59.1 Å². The summed E-state index contributed by atoms with van der Waals surface area (Å²) in [6.45, 7) is 2.71. The van der Waals surface area contributed by atoms with Crippen molar-refractivity contribution in [3.8, 4) is 5.75 Å². The van der Waals surface area contributed by atoms with Crippen molar-refractivity contribution in [2.45, 2.75) is 32.6 Å². The lowest BCUT2D eigenvalue weighted by Gasteiger charge is -2.16. The van der Waals surface area contributed by atoms with Crippen LogP contribution < -0.4 is 10.5 Å². The minimum Gasteiger partial charge on any atom is -0.493 e. The van der Waals surface area contributed by atoms with Crippen LogP contribution in [0.15, 0.2) is 18.2 Å². The summed E-state index contributed by atoms with van der Waals surface area (Å²) in [7, 11) is 0. The van der Waals surface area contributed by atoms with Gasteiger partial charge >= 0.3 is 0 Å². The van der Waals surface area contributed by atoms with Crippen LogP contribution >= 0.6 is 11.6 Å². The summed E-state index contributed by atoms with van der Waals surface area (Å²) in [5, 5.41) is 8.16. The quantitative estimate of drug-likeness (QED) is 0.612. The third-order valence-corrected chi connectivity index (χ3v) is 3.83. The average molecular weight is 267 g/mol. The molecule has 0 unspecified atom stereocenters. The Balaban J connectivity index is 1.96. The number of hydrogen-bond acceptors (Lipinski definition) is 2. The lowest BCUT2D eigenvalue weighted by Crippen LogP contribution is -2.21. The Morgan fingerprint density at radius 1 is 1.50 bits per heavy atom. The zero-order valence-electron chi connectivity index (χ0n) is 10.6. The van der Waals surface area contributed by atoms with E-state index in [1.807, 2.05) is 18.2 Å². The SMILES string of the molecule is CCc1cc(OCC2(CC(=N)N)CC2)ccc1Cl. The van der Waals surface area contributed by atoms with Gasteiger partial charge in [-0.3, -0.25) is 5.41 Å². The number of rotatable bonds is 6. The number of halogens is 1. The van der Waals surface area contributed by atoms with Crippen LogP contribution in [0.4, 0.5) is 0 Å². The van der Waals surface area contributed by atoms with Gasteiger partial charge in [0.25, 0.3) is 0 Å². The molecule has 98 valence electrons. The van der Waals surface area contributed by atoms with Crippen LogP contribution in [0, 0.1) is 10.8 Å². The number of amidine groups is 1. The normalized spacial score (nSPS) is 16.3. The van der Waals surface area contributed by atoms with Gasteiger partial charge in [-0.2, -0.15) is 0 Å². The number of nitrogens with two attached hydrogens (primary N) is 1. The molecule has 4 heteroatoms. The number of nitrogens with one attached hydrogen (secondary N) is 1. The van der Waals surface area contributed by atoms with Gasteiger partial charge in [0.1, 0.15) is 5.75 Å². The smallest absolute Gasteiger partial charge is 0.119 e. The predicted molar refractivity (Wildman–Crippen MR) is 74.5 cm³/mol. The van der Waals surface area contributed by atoms with Crippen LogP contribution in [0.25, 0.3) is 0 Å². The van der Waals surface area contributed by atoms with E-state index >= 15 is 0 Å². The van der Waals surface area contributed by atoms with Gasteiger partial charge in [0, 0.05) is 16.9 Å². The third-order valence-electron chi connectivity index (χ3n) is 3.47. The highest BCUT2D eigenvalue weighted by Gasteiger charge is 2.43. The molecule has 3 N–H and O–H groups in total. The Hall–Kier alpha value is -1.22. The minimum absolute atomic E-state index is 0.109. The summed E-state index contributed by atoms with van der Waals surface area (Å²) in [5.41, 5.74) is 6.67. The Labute approximate surface area is 113 Å². The molecule has 0 radical (unpaired) electrons. The predicted octanol–water partition coefficient (Wildman–Crippen LogP) is 3.39. The van der Waals surface area contributed by atoms with Gasteiger partial charge < -0.3 is 10.5 Å². The zero-order chi connectivity index (χ0) is 13.2. The average Bonchev–Trinajstić information content (AvgIpc) is 3.07. The van der Waals surface area contributed by atoms with Crippen LogP contribution in [0.2, 0.25) is 5.02 Å². The van der Waals surface area contributed by atoms with Gasteiger partial charge in [0.2, 0.25) is 0 Å². The Bertz CT molecular complexity index is 455. The van der Waals surface area contributed by atoms with E-state index in [2.05, 4.69) is 6.92 Å². The summed E-state index contributed by atoms with van der Waals surface area (Å²) < 4.78 is 5.82. The van der Waals surface area contributed by atoms with Crippen molar-refractivity contribution < 1.29 is 4.74 Å². The Morgan fingerprint density at radius 2 is 2.22 bits per heavy atom. The van der Waals surface area contributed by atoms with Gasteiger partial charge in [0.15, 0.2) is 0 Å². The summed E-state index contributed by atoms with van der Waals surface area (Å²) >= 11 is 6.07. The standard InChI is InChI=1S/C14H19ClN2O/c1-2-10-7-11(3-4-12(10)15)18-9-14(5-6-14)8-13(16)17/h3-4,7H,2,5-6,8-9H2,1H3,(H3,16,17). The fourth-order valence-electron chi connectivity index (χ4n) is 2.10. The van der Waals surface area contributed by atoms with Crippen LogP contribution in [-0.4, -0.2) is 12.4 Å². The van der Waals surface area contributed by atoms with Gasteiger partial charge in [-0.1, -0.05) is 18.5 Å². The summed E-state index contributed by atoms with van der Waals surface area (Å²) in [5.74, 6) is 1.10. The fraction of sp³-hybridized carbons (Fsp3) is 0.500. The molecule has 1 fully saturated rings. The lowest BCUT2D eigenvalue weighted by atomic mass is 10.0. The van der Waals surface area contributed by atoms with Crippen molar-refractivity contribution in [3.63, 3.8) is 0 Å². The monoisotopic (exact) mass is 266 g/mol. The largest absolute Gasteiger partial charge is 0.493 e. The van der Waals surface area contributed by atoms with Gasteiger partial charge in [-0.15, -0.1) is 0 Å². The highest BCUT2D eigenvalue weighted by atomic mass is 35.5. The molecule has 0 amide bonds. The summed E-state index contributed by atoms with van der Waals surface area (Å²) in [6, 6.07) is 5.76. The second-order valence-corrected chi connectivity index (χ2v) is 5.50. The van der Waals surface area contributed by atoms with Crippen LogP contribution in [0.1, 0.15) is 31.7 Å². The van der Waals surface area contributed by atoms with Crippen LogP contribution in [0.3, 0.4) is 0 Å². The van der Waals surface area contributed by atoms with E-state index < -0.39 is 0 Å². The van der Waals surface area contributed by atoms with E-state index in [0.29, 0.717) is 13.0 Å². The molecule has 0 heterocycles. The molecule has 0 bridgehead atoms. The zero-order valence-corrected chi connectivity index (χ0v) is 11.4. The van der Waals surface area contributed by atoms with Crippen molar-refractivity contribution in [2.75, 3.05) is 6.61 Å². The first-order chi connectivity index (χ1) is 8.54. The van der Waals surface area contributed by atoms with E-state index in [4.69, 9.17) is 27.5 Å². The molecule has 18 heavy (non-hydrogen) atoms. The summed E-state index contributed by atoms with van der Waals surface area (Å²) in [4.78, 5) is 0. The van der Waals surface area contributed by atoms with Crippen molar-refractivity contribution in [1.82, 2.24) is 0 Å². The lowest BCUT2D eigenvalue weighted by molar-refractivity contribution is 0.238. The molecule has 0 saturated heterocycles. The molecule has 0 atom stereocenters. The number of benzene rings is 1. The molecule has 0 aliphatic heterocycles. The second-order valence-electron chi connectivity index (χ2n) is 5.10. The molecular formula is C14H19ClN2O. The van der Waals surface area contributed by atoms with E-state index in [9.17, 15) is 0 Å². The number of hydrogen-bond donors (Lipinski definition) is 2. The fourth-order valence-corrected chi connectivity index (χ4v) is 2.35. The second kappa shape index (κ2) is 5.19. The first kappa shape index (κ1) is 13.2. The Kier molecular flexibility index (Phi) is 3.81. The highest BCUT2D eigenvalue weighted by Crippen LogP contribution is 2.48. The molecule has 0 aromatic heterocycles. The molecule has 1 aliphatic rings. The van der Waals surface area contributed by atoms with E-state index in [-0.39, 0.29) is 11.3 Å². The molecule has 0 spiro atoms. The van der Waals surface area contributed by atoms with Gasteiger partial charge in [0.05, 0.1) is 12.4 Å². The van der Waals surface area contributed by atoms with Crippen LogP contribution in [0.5, 0.6) is 5.75 Å². The van der Waals surface area contributed by atoms with Gasteiger partial charge in [-0.25, -0.2) is 0 Å². The summed E-state index contributed by atoms with van der Waals surface area (Å²) in [6.07, 6.45) is 3.73. The molecule has 1 saturated carbocycles. The molecular weight excluding hydrogens is 248 g/mol. The molecule has 2 rings (SSSR count). The maximum Gasteiger partial charge on any atom is 0.119 e. The van der Waals surface area contributed by atoms with Gasteiger partial charge in [-0.05, 0) is 43.0 Å². The molecule has 3 nitrogen and oxygen atoms in total. The van der Waals surface area contributed by atoms with Crippen molar-refractivity contribution in [3.05, 3.63) is 28.8 Å².